The van der Waals surface area contributed by atoms with E-state index in [4.69, 9.17) is 11.6 Å². The van der Waals surface area contributed by atoms with Crippen LogP contribution in [0.3, 0.4) is 0 Å². The van der Waals surface area contributed by atoms with E-state index in [9.17, 15) is 22.8 Å². The Kier molecular flexibility index (Phi) is 6.26. The van der Waals surface area contributed by atoms with Crippen LogP contribution in [0.5, 0.6) is 0 Å². The molecular weight excluding hydrogens is 369 g/mol. The van der Waals surface area contributed by atoms with Crippen molar-refractivity contribution in [1.82, 2.24) is 4.90 Å². The highest BCUT2D eigenvalue weighted by atomic mass is 35.5. The third-order valence-corrected chi connectivity index (χ3v) is 3.83. The molecule has 0 atom stereocenters. The van der Waals surface area contributed by atoms with Gasteiger partial charge in [0, 0.05) is 12.1 Å². The van der Waals surface area contributed by atoms with Gasteiger partial charge >= 0.3 is 6.18 Å². The number of benzene rings is 2. The molecule has 4 nitrogen and oxygen atoms in total. The fourth-order valence-corrected chi connectivity index (χ4v) is 2.37. The van der Waals surface area contributed by atoms with Crippen LogP contribution in [-0.2, 0) is 22.2 Å². The first kappa shape index (κ1) is 19.8. The second-order valence-electron chi connectivity index (χ2n) is 5.64. The molecule has 8 heteroatoms. The van der Waals surface area contributed by atoms with Gasteiger partial charge in [0.05, 0.1) is 24.2 Å². The Bertz CT molecular complexity index is 792. The van der Waals surface area contributed by atoms with E-state index in [1.807, 2.05) is 0 Å². The number of alkyl halides is 3. The molecule has 0 radical (unpaired) electrons. The minimum atomic E-state index is -4.58. The number of amides is 2. The topological polar surface area (TPSA) is 49.4 Å². The lowest BCUT2D eigenvalue weighted by atomic mass is 10.1. The van der Waals surface area contributed by atoms with Crippen LogP contribution in [0.2, 0.25) is 5.02 Å². The smallest absolute Gasteiger partial charge is 0.336 e. The van der Waals surface area contributed by atoms with Gasteiger partial charge in [0.15, 0.2) is 0 Å². The summed E-state index contributed by atoms with van der Waals surface area (Å²) < 4.78 is 38.8. The van der Waals surface area contributed by atoms with Crippen LogP contribution < -0.4 is 5.32 Å². The van der Waals surface area contributed by atoms with Crippen molar-refractivity contribution < 1.29 is 22.8 Å². The van der Waals surface area contributed by atoms with Crippen molar-refractivity contribution in [3.63, 3.8) is 0 Å². The quantitative estimate of drug-likeness (QED) is 0.847. The van der Waals surface area contributed by atoms with Gasteiger partial charge in [-0.05, 0) is 29.8 Å². The van der Waals surface area contributed by atoms with Crippen LogP contribution in [-0.4, -0.2) is 30.3 Å². The number of likely N-dealkylation sites (N-methyl/N-ethyl adjacent to an activating group) is 1. The molecule has 0 heterocycles. The number of carbonyl (C=O) groups excluding carboxylic acids is 2. The summed E-state index contributed by atoms with van der Waals surface area (Å²) in [6.07, 6.45) is -4.53. The van der Waals surface area contributed by atoms with E-state index in [0.29, 0.717) is 10.6 Å². The average Bonchev–Trinajstić information content (AvgIpc) is 2.56. The summed E-state index contributed by atoms with van der Waals surface area (Å²) in [5, 5.41) is 2.74. The molecule has 138 valence electrons. The third-order valence-electron chi connectivity index (χ3n) is 3.58. The van der Waals surface area contributed by atoms with Crippen LogP contribution in [0, 0.1) is 0 Å². The van der Waals surface area contributed by atoms with Crippen LogP contribution >= 0.6 is 11.6 Å². The molecule has 0 aromatic heterocycles. The molecule has 2 aromatic rings. The van der Waals surface area contributed by atoms with Crippen molar-refractivity contribution in [1.29, 1.82) is 0 Å². The lowest BCUT2D eigenvalue weighted by molar-refractivity contribution is -0.137. The Labute approximate surface area is 153 Å². The Balaban J connectivity index is 1.97. The van der Waals surface area contributed by atoms with Crippen molar-refractivity contribution >= 4 is 29.1 Å². The molecule has 1 N–H and O–H groups in total. The largest absolute Gasteiger partial charge is 0.418 e. The third kappa shape index (κ3) is 5.49. The first-order valence-corrected chi connectivity index (χ1v) is 7.99. The van der Waals surface area contributed by atoms with Gasteiger partial charge < -0.3 is 10.2 Å². The fourth-order valence-electron chi connectivity index (χ4n) is 2.24. The molecule has 2 amide bonds. The first-order chi connectivity index (χ1) is 12.2. The monoisotopic (exact) mass is 384 g/mol. The molecule has 0 bridgehead atoms. The number of nitrogens with zero attached hydrogens (tertiary/aromatic N) is 1. The lowest BCUT2D eigenvalue weighted by Crippen LogP contribution is -2.36. The van der Waals surface area contributed by atoms with E-state index < -0.39 is 17.6 Å². The average molecular weight is 385 g/mol. The van der Waals surface area contributed by atoms with Gasteiger partial charge in [-0.15, -0.1) is 0 Å². The minimum absolute atomic E-state index is 0.0556. The molecule has 0 unspecified atom stereocenters. The van der Waals surface area contributed by atoms with E-state index in [-0.39, 0.29) is 24.6 Å². The lowest BCUT2D eigenvalue weighted by Gasteiger charge is -2.18. The van der Waals surface area contributed by atoms with Crippen molar-refractivity contribution in [2.75, 3.05) is 18.9 Å². The SMILES string of the molecule is CN(CC(=O)Nc1ccccc1C(F)(F)F)C(=O)Cc1ccc(Cl)cc1. The Hall–Kier alpha value is -2.54. The maximum absolute atomic E-state index is 12.9. The van der Waals surface area contributed by atoms with Crippen LogP contribution in [0.25, 0.3) is 0 Å². The van der Waals surface area contributed by atoms with Crippen LogP contribution in [0.1, 0.15) is 11.1 Å². The fraction of sp³-hybridized carbons (Fsp3) is 0.222. The number of carbonyl (C=O) groups is 2. The first-order valence-electron chi connectivity index (χ1n) is 7.61. The second-order valence-corrected chi connectivity index (χ2v) is 6.08. The van der Waals surface area contributed by atoms with Crippen molar-refractivity contribution in [2.24, 2.45) is 0 Å². The molecule has 2 aromatic carbocycles. The molecular formula is C18H16ClF3N2O2. The maximum atomic E-state index is 12.9. The Morgan fingerprint density at radius 2 is 1.69 bits per heavy atom. The van der Waals surface area contributed by atoms with Gasteiger partial charge in [-0.1, -0.05) is 35.9 Å². The molecule has 0 spiro atoms. The molecule has 0 saturated carbocycles. The van der Waals surface area contributed by atoms with E-state index >= 15 is 0 Å². The van der Waals surface area contributed by atoms with Gasteiger partial charge in [0.2, 0.25) is 11.8 Å². The van der Waals surface area contributed by atoms with Crippen LogP contribution in [0.15, 0.2) is 48.5 Å². The normalized spacial score (nSPS) is 11.1. The maximum Gasteiger partial charge on any atom is 0.418 e. The van der Waals surface area contributed by atoms with Crippen molar-refractivity contribution in [2.45, 2.75) is 12.6 Å². The molecule has 0 aliphatic rings. The number of hydrogen-bond donors (Lipinski definition) is 1. The minimum Gasteiger partial charge on any atom is -0.336 e. The summed E-state index contributed by atoms with van der Waals surface area (Å²) in [5.41, 5.74) is -0.568. The molecule has 0 aliphatic heterocycles. The van der Waals surface area contributed by atoms with E-state index in [1.165, 1.54) is 19.2 Å². The highest BCUT2D eigenvalue weighted by molar-refractivity contribution is 6.30. The van der Waals surface area contributed by atoms with E-state index in [0.717, 1.165) is 17.0 Å². The molecule has 2 rings (SSSR count). The van der Waals surface area contributed by atoms with Crippen molar-refractivity contribution in [3.8, 4) is 0 Å². The molecule has 0 fully saturated rings. The van der Waals surface area contributed by atoms with E-state index in [1.54, 1.807) is 24.3 Å². The number of rotatable bonds is 5. The van der Waals surface area contributed by atoms with E-state index in [2.05, 4.69) is 5.32 Å². The Morgan fingerprint density at radius 3 is 2.31 bits per heavy atom. The summed E-state index contributed by atoms with van der Waals surface area (Å²) in [6, 6.07) is 11.3. The highest BCUT2D eigenvalue weighted by Gasteiger charge is 2.33. The predicted molar refractivity (Wildman–Crippen MR) is 92.9 cm³/mol. The summed E-state index contributed by atoms with van der Waals surface area (Å²) in [7, 11) is 1.41. The number of halogens is 4. The zero-order valence-corrected chi connectivity index (χ0v) is 14.6. The zero-order chi connectivity index (χ0) is 19.3. The van der Waals surface area contributed by atoms with Crippen LogP contribution in [0.4, 0.5) is 18.9 Å². The zero-order valence-electron chi connectivity index (χ0n) is 13.8. The predicted octanol–water partition coefficient (Wildman–Crippen LogP) is 4.00. The summed E-state index contributed by atoms with van der Waals surface area (Å²) in [5.74, 6) is -1.06. The number of nitrogens with one attached hydrogen (secondary N) is 1. The van der Waals surface area contributed by atoms with Gasteiger partial charge in [-0.2, -0.15) is 13.2 Å². The van der Waals surface area contributed by atoms with Crippen molar-refractivity contribution in [3.05, 3.63) is 64.7 Å². The van der Waals surface area contributed by atoms with Gasteiger partial charge in [-0.3, -0.25) is 9.59 Å². The summed E-state index contributed by atoms with van der Waals surface area (Å²) in [4.78, 5) is 25.3. The second kappa shape index (κ2) is 8.23. The number of hydrogen-bond acceptors (Lipinski definition) is 2. The van der Waals surface area contributed by atoms with Gasteiger partial charge in [0.25, 0.3) is 0 Å². The molecule has 0 saturated heterocycles. The Morgan fingerprint density at radius 1 is 1.08 bits per heavy atom. The number of anilines is 1. The molecule has 0 aliphatic carbocycles. The standard InChI is InChI=1S/C18H16ClF3N2O2/c1-24(17(26)10-12-6-8-13(19)9-7-12)11-16(25)23-15-5-3-2-4-14(15)18(20,21)22/h2-9H,10-11H2,1H3,(H,23,25). The summed E-state index contributed by atoms with van der Waals surface area (Å²) in [6.45, 7) is -0.362. The van der Waals surface area contributed by atoms with Gasteiger partial charge in [0.1, 0.15) is 0 Å². The summed E-state index contributed by atoms with van der Waals surface area (Å²) >= 11 is 5.77. The molecule has 26 heavy (non-hydrogen) atoms. The van der Waals surface area contributed by atoms with Gasteiger partial charge in [-0.25, -0.2) is 0 Å². The highest BCUT2D eigenvalue weighted by Crippen LogP contribution is 2.34. The number of para-hydroxylation sites is 1.